The molecule has 2 aliphatic heterocycles. The number of fused-ring (bicyclic) bond motifs is 2. The van der Waals surface area contributed by atoms with Crippen LogP contribution in [0.1, 0.15) is 46.0 Å². The Kier molecular flexibility index (Phi) is 2.91. The number of hydrogen-bond donors (Lipinski definition) is 0. The third-order valence-corrected chi connectivity index (χ3v) is 3.75. The molecule has 2 amide bonds. The molecule has 0 spiro atoms. The van der Waals surface area contributed by atoms with Crippen molar-refractivity contribution in [3.63, 3.8) is 0 Å². The van der Waals surface area contributed by atoms with Crippen molar-refractivity contribution in [2.75, 3.05) is 6.54 Å². The maximum atomic E-state index is 12.0. The summed E-state index contributed by atoms with van der Waals surface area (Å²) in [5, 5.41) is 0. The van der Waals surface area contributed by atoms with E-state index in [0.29, 0.717) is 13.0 Å². The molecule has 2 bridgehead atoms. The standard InChI is InChI=1S/C12H19NO3/c1-3-4-5-6-7-12-9(2)8-13(10(12)14)11(15)16-12/h9H,3-8H2,1-2H3. The number of unbranched alkanes of at least 4 members (excludes halogenated alkanes) is 3. The molecule has 4 heteroatoms. The number of ether oxygens (including phenoxy) is 1. The number of carbonyl (C=O) groups is 2. The van der Waals surface area contributed by atoms with Gasteiger partial charge < -0.3 is 4.74 Å². The van der Waals surface area contributed by atoms with Gasteiger partial charge in [0.1, 0.15) is 0 Å². The average molecular weight is 225 g/mol. The summed E-state index contributed by atoms with van der Waals surface area (Å²) in [5.74, 6) is 0.0285. The topological polar surface area (TPSA) is 46.6 Å². The molecule has 90 valence electrons. The fourth-order valence-corrected chi connectivity index (χ4v) is 2.67. The van der Waals surface area contributed by atoms with Crippen molar-refractivity contribution in [2.45, 2.75) is 51.6 Å². The molecule has 2 unspecified atom stereocenters. The molecule has 0 N–H and O–H groups in total. The van der Waals surface area contributed by atoms with Crippen LogP contribution in [-0.2, 0) is 9.53 Å². The second-order valence-corrected chi connectivity index (χ2v) is 4.88. The minimum absolute atomic E-state index is 0.110. The van der Waals surface area contributed by atoms with Crippen LogP contribution in [0.5, 0.6) is 0 Å². The predicted molar refractivity (Wildman–Crippen MR) is 58.8 cm³/mol. The van der Waals surface area contributed by atoms with Crippen LogP contribution >= 0.6 is 0 Å². The molecule has 2 saturated heterocycles. The van der Waals surface area contributed by atoms with Crippen LogP contribution in [0.2, 0.25) is 0 Å². The Bertz CT molecular complexity index is 315. The van der Waals surface area contributed by atoms with Gasteiger partial charge in [-0.3, -0.25) is 4.79 Å². The van der Waals surface area contributed by atoms with Crippen molar-refractivity contribution < 1.29 is 14.3 Å². The second kappa shape index (κ2) is 4.07. The zero-order valence-electron chi connectivity index (χ0n) is 9.99. The van der Waals surface area contributed by atoms with Gasteiger partial charge in [0.05, 0.1) is 0 Å². The number of carbonyl (C=O) groups excluding carboxylic acids is 2. The Labute approximate surface area is 95.9 Å². The van der Waals surface area contributed by atoms with E-state index in [-0.39, 0.29) is 11.8 Å². The Morgan fingerprint density at radius 3 is 2.69 bits per heavy atom. The minimum Gasteiger partial charge on any atom is -0.432 e. The summed E-state index contributed by atoms with van der Waals surface area (Å²) in [5.41, 5.74) is -0.815. The van der Waals surface area contributed by atoms with Crippen LogP contribution in [0.15, 0.2) is 0 Å². The summed E-state index contributed by atoms with van der Waals surface area (Å²) in [6.45, 7) is 4.68. The molecular formula is C12H19NO3. The summed E-state index contributed by atoms with van der Waals surface area (Å²) in [6, 6.07) is 0. The van der Waals surface area contributed by atoms with Crippen molar-refractivity contribution in [1.82, 2.24) is 4.90 Å². The molecule has 0 radical (unpaired) electrons. The van der Waals surface area contributed by atoms with Gasteiger partial charge in [0, 0.05) is 12.5 Å². The van der Waals surface area contributed by atoms with Crippen molar-refractivity contribution in [3.05, 3.63) is 0 Å². The van der Waals surface area contributed by atoms with Crippen LogP contribution in [0.25, 0.3) is 0 Å². The lowest BCUT2D eigenvalue weighted by Gasteiger charge is -2.28. The molecule has 16 heavy (non-hydrogen) atoms. The van der Waals surface area contributed by atoms with Crippen LogP contribution < -0.4 is 0 Å². The summed E-state index contributed by atoms with van der Waals surface area (Å²) in [7, 11) is 0. The van der Waals surface area contributed by atoms with Crippen molar-refractivity contribution in [3.8, 4) is 0 Å². The fraction of sp³-hybridized carbons (Fsp3) is 0.833. The Morgan fingerprint density at radius 2 is 2.12 bits per heavy atom. The molecule has 4 nitrogen and oxygen atoms in total. The molecule has 2 aliphatic rings. The highest BCUT2D eigenvalue weighted by Gasteiger charge is 2.62. The lowest BCUT2D eigenvalue weighted by molar-refractivity contribution is -0.134. The molecule has 2 atom stereocenters. The highest BCUT2D eigenvalue weighted by atomic mass is 16.6. The first kappa shape index (κ1) is 11.4. The summed E-state index contributed by atoms with van der Waals surface area (Å²) < 4.78 is 5.29. The van der Waals surface area contributed by atoms with Gasteiger partial charge >= 0.3 is 6.09 Å². The maximum absolute atomic E-state index is 12.0. The molecule has 2 heterocycles. The average Bonchev–Trinajstić information content (AvgIpc) is 2.62. The maximum Gasteiger partial charge on any atom is 0.417 e. The van der Waals surface area contributed by atoms with Gasteiger partial charge in [0.15, 0.2) is 5.60 Å². The van der Waals surface area contributed by atoms with E-state index in [4.69, 9.17) is 4.74 Å². The van der Waals surface area contributed by atoms with Gasteiger partial charge in [-0.1, -0.05) is 33.1 Å². The van der Waals surface area contributed by atoms with Crippen molar-refractivity contribution in [2.24, 2.45) is 5.92 Å². The minimum atomic E-state index is -0.815. The number of nitrogens with zero attached hydrogens (tertiary/aromatic N) is 1. The van der Waals surface area contributed by atoms with Crippen LogP contribution in [-0.4, -0.2) is 29.0 Å². The molecule has 0 aromatic carbocycles. The molecule has 2 fully saturated rings. The van der Waals surface area contributed by atoms with E-state index in [1.807, 2.05) is 6.92 Å². The van der Waals surface area contributed by atoms with E-state index in [1.54, 1.807) is 0 Å². The largest absolute Gasteiger partial charge is 0.432 e. The molecule has 0 aliphatic carbocycles. The molecule has 0 aromatic heterocycles. The van der Waals surface area contributed by atoms with Gasteiger partial charge in [-0.05, 0) is 12.8 Å². The zero-order chi connectivity index (χ0) is 11.8. The summed E-state index contributed by atoms with van der Waals surface area (Å²) >= 11 is 0. The zero-order valence-corrected chi connectivity index (χ0v) is 9.99. The summed E-state index contributed by atoms with van der Waals surface area (Å²) in [6.07, 6.45) is 4.66. The lowest BCUT2D eigenvalue weighted by atomic mass is 9.86. The first-order valence-corrected chi connectivity index (χ1v) is 6.16. The highest BCUT2D eigenvalue weighted by molar-refractivity contribution is 6.05. The number of imide groups is 1. The molecular weight excluding hydrogens is 206 g/mol. The van der Waals surface area contributed by atoms with Crippen molar-refractivity contribution >= 4 is 12.0 Å². The fourth-order valence-electron chi connectivity index (χ4n) is 2.67. The Hall–Kier alpha value is -1.06. The highest BCUT2D eigenvalue weighted by Crippen LogP contribution is 2.42. The van der Waals surface area contributed by atoms with E-state index in [2.05, 4.69) is 6.92 Å². The quantitative estimate of drug-likeness (QED) is 0.674. The van der Waals surface area contributed by atoms with Crippen LogP contribution in [0.3, 0.4) is 0 Å². The van der Waals surface area contributed by atoms with Crippen LogP contribution in [0.4, 0.5) is 4.79 Å². The summed E-state index contributed by atoms with van der Waals surface area (Å²) in [4.78, 5) is 24.6. The third kappa shape index (κ3) is 1.51. The number of hydrogen-bond acceptors (Lipinski definition) is 3. The molecule has 0 aromatic rings. The van der Waals surface area contributed by atoms with Gasteiger partial charge in [0.2, 0.25) is 0 Å². The predicted octanol–water partition coefficient (Wildman–Crippen LogP) is 2.32. The first-order chi connectivity index (χ1) is 7.62. The van der Waals surface area contributed by atoms with E-state index in [0.717, 1.165) is 12.8 Å². The SMILES string of the molecule is CCCCCCC12OC(=O)N(CC1C)C2=O. The molecule has 2 rings (SSSR count). The van der Waals surface area contributed by atoms with Crippen molar-refractivity contribution in [1.29, 1.82) is 0 Å². The lowest BCUT2D eigenvalue weighted by Crippen LogP contribution is -2.41. The van der Waals surface area contributed by atoms with E-state index < -0.39 is 11.7 Å². The van der Waals surface area contributed by atoms with Crippen LogP contribution in [0, 0.1) is 5.92 Å². The number of rotatable bonds is 5. The third-order valence-electron chi connectivity index (χ3n) is 3.75. The smallest absolute Gasteiger partial charge is 0.417 e. The second-order valence-electron chi connectivity index (χ2n) is 4.88. The van der Waals surface area contributed by atoms with E-state index in [1.165, 1.54) is 17.7 Å². The van der Waals surface area contributed by atoms with Gasteiger partial charge in [-0.25, -0.2) is 9.69 Å². The Morgan fingerprint density at radius 1 is 1.38 bits per heavy atom. The van der Waals surface area contributed by atoms with Gasteiger partial charge in [-0.2, -0.15) is 0 Å². The Balaban J connectivity index is 1.99. The number of amides is 2. The van der Waals surface area contributed by atoms with Gasteiger partial charge in [-0.15, -0.1) is 0 Å². The first-order valence-electron chi connectivity index (χ1n) is 6.16. The van der Waals surface area contributed by atoms with Gasteiger partial charge in [0.25, 0.3) is 5.91 Å². The van der Waals surface area contributed by atoms with E-state index in [9.17, 15) is 9.59 Å². The van der Waals surface area contributed by atoms with E-state index >= 15 is 0 Å². The monoisotopic (exact) mass is 225 g/mol. The molecule has 0 saturated carbocycles. The normalized spacial score (nSPS) is 32.4.